The van der Waals surface area contributed by atoms with Crippen LogP contribution < -0.4 is 28.3 Å². The van der Waals surface area contributed by atoms with E-state index in [1.807, 2.05) is 36.4 Å². The molecular formula is C47H75N5O5. The normalized spacial score (nSPS) is 32.7. The molecule has 0 bridgehead atoms. The number of ketones is 1. The van der Waals surface area contributed by atoms with Crippen LogP contribution in [0.25, 0.3) is 10.8 Å². The van der Waals surface area contributed by atoms with Crippen molar-refractivity contribution in [1.29, 1.82) is 0 Å². The zero-order chi connectivity index (χ0) is 40.6. The minimum atomic E-state index is -0.0647. The molecule has 0 spiro atoms. The molecule has 4 saturated carbocycles. The Bertz CT molecular complexity index is 1620. The summed E-state index contributed by atoms with van der Waals surface area (Å²) in [6.45, 7) is 12.4. The Morgan fingerprint density at radius 1 is 0.807 bits per heavy atom. The molecule has 0 heterocycles. The maximum atomic E-state index is 13.0. The van der Waals surface area contributed by atoms with Gasteiger partial charge in [-0.3, -0.25) is 9.59 Å². The first-order chi connectivity index (χ1) is 27.5. The Morgan fingerprint density at radius 3 is 2.26 bits per heavy atom. The largest absolute Gasteiger partial charge is 0.399 e. The van der Waals surface area contributed by atoms with Gasteiger partial charge in [-0.25, -0.2) is 0 Å². The third-order valence-electron chi connectivity index (χ3n) is 15.4. The second-order valence-electron chi connectivity index (χ2n) is 18.7. The fraction of sp³-hybridized carbons (Fsp3) is 0.745. The van der Waals surface area contributed by atoms with Crippen LogP contribution in [0.4, 0.5) is 5.69 Å². The standard InChI is InChI=1S/C47H75N5O5/c1-31(8-4-22-52-44(54)16-15-41(53)34-10-9-33-27-36(51)12-11-32(33)26-34)38-13-14-39-45-40(30-43(47(38,39)3)57-25-7-21-50)46(2)18-17-37(55-23-5-19-48)28-35(46)29-42(45)56-24-6-20-49/h9-12,26-27,31,35,37-40,42-43,45H,4-8,13-25,28-30,48-51H2,1-3H3,(H,52,54)/t31-,35?,37-,38-,39+,40+,42-,43+,45?,46+,47-/m1/s1. The SMILES string of the molecule is C[C@H](CCCNC(=O)CCC(=O)c1ccc2cc(N)ccc2c1)[C@H]1CC[C@H]2C3[C@H](OCCCN)CC4C[C@H](OCCCN)CC[C@]4(C)[C@H]3C[C@H](OCCCN)[C@]12C. The number of nitrogens with two attached hydrogens (primary N) is 4. The highest BCUT2D eigenvalue weighted by atomic mass is 16.5. The van der Waals surface area contributed by atoms with Crippen molar-refractivity contribution >= 4 is 28.2 Å². The molecule has 10 nitrogen and oxygen atoms in total. The molecule has 0 aliphatic heterocycles. The molecular weight excluding hydrogens is 715 g/mol. The summed E-state index contributed by atoms with van der Waals surface area (Å²) in [5.74, 6) is 3.08. The number of rotatable bonds is 21. The Kier molecular flexibility index (Phi) is 15.5. The van der Waals surface area contributed by atoms with Gasteiger partial charge in [-0.2, -0.15) is 0 Å². The van der Waals surface area contributed by atoms with Crippen LogP contribution in [0.5, 0.6) is 0 Å². The van der Waals surface area contributed by atoms with Gasteiger partial charge < -0.3 is 42.5 Å². The Labute approximate surface area is 342 Å². The van der Waals surface area contributed by atoms with Gasteiger partial charge in [-0.15, -0.1) is 0 Å². The third kappa shape index (κ3) is 9.90. The monoisotopic (exact) mass is 790 g/mol. The van der Waals surface area contributed by atoms with E-state index in [2.05, 4.69) is 26.1 Å². The summed E-state index contributed by atoms with van der Waals surface area (Å²) < 4.78 is 20.3. The van der Waals surface area contributed by atoms with Crippen molar-refractivity contribution < 1.29 is 23.8 Å². The summed E-state index contributed by atoms with van der Waals surface area (Å²) in [4.78, 5) is 25.8. The van der Waals surface area contributed by atoms with E-state index in [9.17, 15) is 9.59 Å². The number of anilines is 1. The van der Waals surface area contributed by atoms with Crippen molar-refractivity contribution in [3.63, 3.8) is 0 Å². The molecule has 4 aliphatic carbocycles. The molecule has 1 amide bonds. The van der Waals surface area contributed by atoms with Crippen LogP contribution in [0.3, 0.4) is 0 Å². The fourth-order valence-corrected chi connectivity index (χ4v) is 12.3. The van der Waals surface area contributed by atoms with E-state index >= 15 is 0 Å². The number of Topliss-reactive ketones (excluding diaryl/α,β-unsaturated/α-hetero) is 1. The average molecular weight is 790 g/mol. The van der Waals surface area contributed by atoms with E-state index < -0.39 is 0 Å². The van der Waals surface area contributed by atoms with Crippen LogP contribution in [0.2, 0.25) is 0 Å². The van der Waals surface area contributed by atoms with Crippen LogP contribution in [0.15, 0.2) is 36.4 Å². The van der Waals surface area contributed by atoms with Crippen molar-refractivity contribution in [3.8, 4) is 0 Å². The van der Waals surface area contributed by atoms with Crippen LogP contribution in [-0.2, 0) is 19.0 Å². The molecule has 9 N–H and O–H groups in total. The van der Waals surface area contributed by atoms with Crippen molar-refractivity contribution in [3.05, 3.63) is 42.0 Å². The first-order valence-electron chi connectivity index (χ1n) is 22.6. The first-order valence-corrected chi connectivity index (χ1v) is 22.6. The smallest absolute Gasteiger partial charge is 0.220 e. The number of carbonyl (C=O) groups excluding carboxylic acids is 2. The van der Waals surface area contributed by atoms with Gasteiger partial charge >= 0.3 is 0 Å². The molecule has 0 aromatic heterocycles. The molecule has 0 saturated heterocycles. The summed E-state index contributed by atoms with van der Waals surface area (Å²) in [6.07, 6.45) is 13.7. The van der Waals surface area contributed by atoms with E-state index in [1.54, 1.807) is 0 Å². The van der Waals surface area contributed by atoms with E-state index in [1.165, 1.54) is 19.3 Å². The number of hydrogen-bond donors (Lipinski definition) is 5. The quantitative estimate of drug-likeness (QED) is 0.0506. The van der Waals surface area contributed by atoms with Gasteiger partial charge in [0.05, 0.1) is 18.3 Å². The second kappa shape index (κ2) is 20.1. The topological polar surface area (TPSA) is 178 Å². The molecule has 4 fully saturated rings. The molecule has 318 valence electrons. The Balaban J connectivity index is 1.08. The van der Waals surface area contributed by atoms with Crippen LogP contribution in [-0.4, -0.2) is 76.0 Å². The van der Waals surface area contributed by atoms with Crippen molar-refractivity contribution in [1.82, 2.24) is 5.32 Å². The molecule has 10 heteroatoms. The van der Waals surface area contributed by atoms with Crippen molar-refractivity contribution in [2.75, 3.05) is 51.7 Å². The summed E-state index contributed by atoms with van der Waals surface area (Å²) >= 11 is 0. The van der Waals surface area contributed by atoms with Gasteiger partial charge in [0.2, 0.25) is 5.91 Å². The molecule has 6 rings (SSSR count). The summed E-state index contributed by atoms with van der Waals surface area (Å²) in [7, 11) is 0. The zero-order valence-electron chi connectivity index (χ0n) is 35.4. The van der Waals surface area contributed by atoms with E-state index in [-0.39, 0.29) is 47.6 Å². The van der Waals surface area contributed by atoms with E-state index in [0.29, 0.717) is 85.6 Å². The van der Waals surface area contributed by atoms with Crippen LogP contribution in [0, 0.1) is 46.3 Å². The minimum Gasteiger partial charge on any atom is -0.399 e. The third-order valence-corrected chi connectivity index (χ3v) is 15.4. The number of carbonyl (C=O) groups is 2. The average Bonchev–Trinajstić information content (AvgIpc) is 3.57. The van der Waals surface area contributed by atoms with Gasteiger partial charge in [-0.1, -0.05) is 39.0 Å². The molecule has 0 radical (unpaired) electrons. The van der Waals surface area contributed by atoms with E-state index in [0.717, 1.165) is 81.8 Å². The predicted octanol–water partition coefficient (Wildman–Crippen LogP) is 7.00. The number of ether oxygens (including phenoxy) is 3. The van der Waals surface area contributed by atoms with Gasteiger partial charge in [0.15, 0.2) is 5.78 Å². The van der Waals surface area contributed by atoms with Crippen molar-refractivity contribution in [2.24, 2.45) is 63.5 Å². The lowest BCUT2D eigenvalue weighted by atomic mass is 9.43. The molecule has 4 aliphatic rings. The van der Waals surface area contributed by atoms with Crippen LogP contribution >= 0.6 is 0 Å². The zero-order valence-corrected chi connectivity index (χ0v) is 35.4. The predicted molar refractivity (Wildman–Crippen MR) is 230 cm³/mol. The summed E-state index contributed by atoms with van der Waals surface area (Å²) in [5.41, 5.74) is 25.3. The maximum Gasteiger partial charge on any atom is 0.220 e. The van der Waals surface area contributed by atoms with Crippen molar-refractivity contribution in [2.45, 2.75) is 129 Å². The lowest BCUT2D eigenvalue weighted by Gasteiger charge is -2.65. The van der Waals surface area contributed by atoms with Crippen LogP contribution in [0.1, 0.15) is 121 Å². The summed E-state index contributed by atoms with van der Waals surface area (Å²) in [5, 5.41) is 5.08. The lowest BCUT2D eigenvalue weighted by molar-refractivity contribution is -0.227. The van der Waals surface area contributed by atoms with Gasteiger partial charge in [0.25, 0.3) is 0 Å². The molecule has 57 heavy (non-hydrogen) atoms. The number of nitrogens with one attached hydrogen (secondary N) is 1. The molecule has 2 unspecified atom stereocenters. The first kappa shape index (κ1) is 44.0. The summed E-state index contributed by atoms with van der Waals surface area (Å²) in [6, 6.07) is 11.3. The second-order valence-corrected chi connectivity index (χ2v) is 18.7. The molecule has 2 aromatic rings. The molecule has 11 atom stereocenters. The lowest BCUT2D eigenvalue weighted by Crippen LogP contribution is -2.63. The van der Waals surface area contributed by atoms with Gasteiger partial charge in [0.1, 0.15) is 0 Å². The number of hydrogen-bond acceptors (Lipinski definition) is 9. The Hall–Kier alpha value is -2.60. The highest BCUT2D eigenvalue weighted by Crippen LogP contribution is 2.69. The van der Waals surface area contributed by atoms with Gasteiger partial charge in [-0.05, 0) is 167 Å². The van der Waals surface area contributed by atoms with E-state index in [4.69, 9.17) is 37.1 Å². The maximum absolute atomic E-state index is 13.0. The highest BCUT2D eigenvalue weighted by molar-refractivity contribution is 6.01. The van der Waals surface area contributed by atoms with Gasteiger partial charge in [0, 0.05) is 55.9 Å². The number of nitrogen functional groups attached to an aromatic ring is 1. The number of benzene rings is 2. The molecule has 2 aromatic carbocycles. The Morgan fingerprint density at radius 2 is 1.51 bits per heavy atom. The number of amides is 1. The number of fused-ring (bicyclic) bond motifs is 6. The minimum absolute atomic E-state index is 0.0194. The fourth-order valence-electron chi connectivity index (χ4n) is 12.3. The highest BCUT2D eigenvalue weighted by Gasteiger charge is 2.66.